The van der Waals surface area contributed by atoms with Crippen molar-refractivity contribution < 1.29 is 4.79 Å². The van der Waals surface area contributed by atoms with Crippen LogP contribution in [0.15, 0.2) is 28.6 Å². The zero-order valence-corrected chi connectivity index (χ0v) is 12.1. The fourth-order valence-corrected chi connectivity index (χ4v) is 3.73. The topological polar surface area (TPSA) is 42.0 Å². The molecule has 1 amide bonds. The number of amides is 1. The summed E-state index contributed by atoms with van der Waals surface area (Å²) in [5.74, 6) is 0.0844. The summed E-state index contributed by atoms with van der Waals surface area (Å²) < 4.78 is 2.12. The molecule has 1 aromatic heterocycles. The number of fused-ring (bicyclic) bond motifs is 1. The van der Waals surface area contributed by atoms with Gasteiger partial charge in [0.05, 0.1) is 15.5 Å². The molecule has 0 saturated heterocycles. The molecule has 1 N–H and O–H groups in total. The quantitative estimate of drug-likeness (QED) is 0.854. The molecule has 2 aromatic rings. The number of rotatable bonds is 5. The van der Waals surface area contributed by atoms with Crippen LogP contribution in [0.5, 0.6) is 0 Å². The van der Waals surface area contributed by atoms with Gasteiger partial charge in [-0.15, -0.1) is 11.3 Å². The van der Waals surface area contributed by atoms with Crippen LogP contribution in [0, 0.1) is 0 Å². The van der Waals surface area contributed by atoms with E-state index in [1.807, 2.05) is 32.0 Å². The van der Waals surface area contributed by atoms with Crippen molar-refractivity contribution in [3.05, 3.63) is 24.3 Å². The number of thiazole rings is 1. The number of para-hydroxylation sites is 1. The Morgan fingerprint density at radius 1 is 1.50 bits per heavy atom. The van der Waals surface area contributed by atoms with Gasteiger partial charge in [-0.05, 0) is 25.5 Å². The molecule has 0 bridgehead atoms. The second-order valence-corrected chi connectivity index (χ2v) is 6.62. The van der Waals surface area contributed by atoms with Crippen LogP contribution in [0.4, 0.5) is 0 Å². The molecule has 1 aromatic carbocycles. The van der Waals surface area contributed by atoms with E-state index in [2.05, 4.69) is 16.4 Å². The molecule has 0 aliphatic heterocycles. The monoisotopic (exact) mass is 280 g/mol. The predicted octanol–water partition coefficient (Wildman–Crippen LogP) is 3.30. The maximum absolute atomic E-state index is 11.8. The molecule has 1 heterocycles. The van der Waals surface area contributed by atoms with E-state index >= 15 is 0 Å². The zero-order valence-electron chi connectivity index (χ0n) is 10.5. The number of thioether (sulfide) groups is 1. The zero-order chi connectivity index (χ0) is 13.0. The Hall–Kier alpha value is -1.07. The molecule has 2 rings (SSSR count). The molecule has 0 fully saturated rings. The Balaban J connectivity index is 2.02. The molecule has 0 aliphatic rings. The van der Waals surface area contributed by atoms with Gasteiger partial charge in [0.15, 0.2) is 4.34 Å². The maximum Gasteiger partial charge on any atom is 0.233 e. The highest BCUT2D eigenvalue weighted by Crippen LogP contribution is 2.31. The van der Waals surface area contributed by atoms with Crippen LogP contribution < -0.4 is 5.32 Å². The molecule has 0 spiro atoms. The minimum Gasteiger partial charge on any atom is -0.355 e. The van der Waals surface area contributed by atoms with Gasteiger partial charge in [0.1, 0.15) is 0 Å². The van der Waals surface area contributed by atoms with Gasteiger partial charge in [-0.25, -0.2) is 4.98 Å². The van der Waals surface area contributed by atoms with E-state index < -0.39 is 0 Å². The van der Waals surface area contributed by atoms with E-state index in [1.165, 1.54) is 16.5 Å². The molecular weight excluding hydrogens is 264 g/mol. The molecular formula is C13H16N2OS2. The lowest BCUT2D eigenvalue weighted by Crippen LogP contribution is -2.31. The Bertz CT molecular complexity index is 506. The third-order valence-corrected chi connectivity index (χ3v) is 4.70. The lowest BCUT2D eigenvalue weighted by atomic mass is 10.3. The van der Waals surface area contributed by atoms with Crippen molar-refractivity contribution >= 4 is 39.2 Å². The van der Waals surface area contributed by atoms with Gasteiger partial charge in [-0.1, -0.05) is 30.8 Å². The molecule has 5 heteroatoms. The van der Waals surface area contributed by atoms with Gasteiger partial charge >= 0.3 is 0 Å². The van der Waals surface area contributed by atoms with Crippen LogP contribution >= 0.6 is 23.1 Å². The summed E-state index contributed by atoms with van der Waals surface area (Å²) in [6, 6.07) is 8.04. The maximum atomic E-state index is 11.8. The summed E-state index contributed by atoms with van der Waals surface area (Å²) >= 11 is 3.16. The highest BCUT2D eigenvalue weighted by molar-refractivity contribution is 8.02. The summed E-state index contributed by atoms with van der Waals surface area (Å²) in [4.78, 5) is 16.3. The van der Waals surface area contributed by atoms with Crippen LogP contribution in [0.1, 0.15) is 20.3 Å². The fourth-order valence-electron chi connectivity index (χ4n) is 1.50. The molecule has 96 valence electrons. The van der Waals surface area contributed by atoms with Crippen molar-refractivity contribution in [2.75, 3.05) is 6.54 Å². The minimum atomic E-state index is -0.0999. The number of carbonyl (C=O) groups is 1. The van der Waals surface area contributed by atoms with E-state index in [9.17, 15) is 4.79 Å². The minimum absolute atomic E-state index is 0.0844. The summed E-state index contributed by atoms with van der Waals surface area (Å²) in [5.41, 5.74) is 1.01. The molecule has 18 heavy (non-hydrogen) atoms. The van der Waals surface area contributed by atoms with E-state index in [-0.39, 0.29) is 11.2 Å². The number of aromatic nitrogens is 1. The number of hydrogen-bond acceptors (Lipinski definition) is 4. The van der Waals surface area contributed by atoms with Crippen LogP contribution in [-0.4, -0.2) is 22.7 Å². The van der Waals surface area contributed by atoms with Gasteiger partial charge in [0.25, 0.3) is 0 Å². The first-order valence-electron chi connectivity index (χ1n) is 6.00. The van der Waals surface area contributed by atoms with E-state index in [1.54, 1.807) is 11.3 Å². The van der Waals surface area contributed by atoms with Crippen LogP contribution in [-0.2, 0) is 4.79 Å². The Labute approximate surface area is 115 Å². The van der Waals surface area contributed by atoms with Crippen LogP contribution in [0.3, 0.4) is 0 Å². The van der Waals surface area contributed by atoms with Crippen molar-refractivity contribution in [1.82, 2.24) is 10.3 Å². The second-order valence-electron chi connectivity index (χ2n) is 4.00. The average molecular weight is 280 g/mol. The van der Waals surface area contributed by atoms with Crippen molar-refractivity contribution in [1.29, 1.82) is 0 Å². The van der Waals surface area contributed by atoms with Gasteiger partial charge in [0, 0.05) is 6.54 Å². The van der Waals surface area contributed by atoms with E-state index in [4.69, 9.17) is 0 Å². The third kappa shape index (κ3) is 3.23. The summed E-state index contributed by atoms with van der Waals surface area (Å²) in [6.45, 7) is 4.71. The van der Waals surface area contributed by atoms with Gasteiger partial charge < -0.3 is 5.32 Å². The van der Waals surface area contributed by atoms with E-state index in [0.717, 1.165) is 22.8 Å². The SMILES string of the molecule is CCCNC(=O)C(C)Sc1nc2ccccc2s1. The molecule has 3 nitrogen and oxygen atoms in total. The molecule has 1 unspecified atom stereocenters. The second kappa shape index (κ2) is 6.20. The predicted molar refractivity (Wildman–Crippen MR) is 78.2 cm³/mol. The fraction of sp³-hybridized carbons (Fsp3) is 0.385. The summed E-state index contributed by atoms with van der Waals surface area (Å²) in [5, 5.41) is 2.80. The number of benzene rings is 1. The molecule has 0 saturated carbocycles. The van der Waals surface area contributed by atoms with Crippen LogP contribution in [0.2, 0.25) is 0 Å². The first-order valence-corrected chi connectivity index (χ1v) is 7.70. The highest BCUT2D eigenvalue weighted by atomic mass is 32.2. The van der Waals surface area contributed by atoms with Gasteiger partial charge in [-0.3, -0.25) is 4.79 Å². The van der Waals surface area contributed by atoms with Crippen molar-refractivity contribution in [2.45, 2.75) is 29.9 Å². The lowest BCUT2D eigenvalue weighted by Gasteiger charge is -2.09. The first kappa shape index (κ1) is 13.4. The van der Waals surface area contributed by atoms with Crippen molar-refractivity contribution in [3.63, 3.8) is 0 Å². The number of nitrogens with one attached hydrogen (secondary N) is 1. The Morgan fingerprint density at radius 2 is 2.28 bits per heavy atom. The summed E-state index contributed by atoms with van der Waals surface area (Å²) in [7, 11) is 0. The number of hydrogen-bond donors (Lipinski definition) is 1. The largest absolute Gasteiger partial charge is 0.355 e. The van der Waals surface area contributed by atoms with Crippen molar-refractivity contribution in [2.24, 2.45) is 0 Å². The smallest absolute Gasteiger partial charge is 0.233 e. The standard InChI is InChI=1S/C13H16N2OS2/c1-3-8-14-12(16)9(2)17-13-15-10-6-4-5-7-11(10)18-13/h4-7,9H,3,8H2,1-2H3,(H,14,16). The van der Waals surface area contributed by atoms with Gasteiger partial charge in [0.2, 0.25) is 5.91 Å². The average Bonchev–Trinajstić information content (AvgIpc) is 2.77. The highest BCUT2D eigenvalue weighted by Gasteiger charge is 2.15. The molecule has 1 atom stereocenters. The third-order valence-electron chi connectivity index (χ3n) is 2.47. The Kier molecular flexibility index (Phi) is 4.60. The van der Waals surface area contributed by atoms with E-state index in [0.29, 0.717) is 0 Å². The lowest BCUT2D eigenvalue weighted by molar-refractivity contribution is -0.120. The van der Waals surface area contributed by atoms with Gasteiger partial charge in [-0.2, -0.15) is 0 Å². The van der Waals surface area contributed by atoms with Crippen LogP contribution in [0.25, 0.3) is 10.2 Å². The normalized spacial score (nSPS) is 12.6. The number of carbonyl (C=O) groups excluding carboxylic acids is 1. The first-order chi connectivity index (χ1) is 8.70. The number of nitrogens with zero attached hydrogens (tertiary/aromatic N) is 1. The van der Waals surface area contributed by atoms with Crippen molar-refractivity contribution in [3.8, 4) is 0 Å². The Morgan fingerprint density at radius 3 is 3.00 bits per heavy atom. The summed E-state index contributed by atoms with van der Waals surface area (Å²) in [6.07, 6.45) is 0.963. The molecule has 0 radical (unpaired) electrons. The molecule has 0 aliphatic carbocycles.